The molecule has 0 saturated heterocycles. The minimum atomic E-state index is -3.51. The Morgan fingerprint density at radius 3 is 2.29 bits per heavy atom. The second-order valence-corrected chi connectivity index (χ2v) is 8.71. The van der Waals surface area contributed by atoms with Crippen LogP contribution in [0.25, 0.3) is 0 Å². The number of rotatable bonds is 7. The van der Waals surface area contributed by atoms with Crippen LogP contribution in [0.5, 0.6) is 0 Å². The molecular formula is C18H24N2O3S. The molecule has 1 aliphatic rings. The zero-order chi connectivity index (χ0) is 17.3. The predicted molar refractivity (Wildman–Crippen MR) is 93.0 cm³/mol. The lowest BCUT2D eigenvalue weighted by atomic mass is 10.1. The van der Waals surface area contributed by atoms with Gasteiger partial charge in [0, 0.05) is 26.7 Å². The number of nitrogens with zero attached hydrogens (tertiary/aromatic N) is 2. The van der Waals surface area contributed by atoms with E-state index in [1.807, 2.05) is 0 Å². The van der Waals surface area contributed by atoms with Crippen molar-refractivity contribution in [3.8, 4) is 0 Å². The molecule has 6 heteroatoms. The van der Waals surface area contributed by atoms with Gasteiger partial charge in [0.15, 0.2) is 0 Å². The van der Waals surface area contributed by atoms with Gasteiger partial charge in [-0.15, -0.1) is 0 Å². The van der Waals surface area contributed by atoms with E-state index >= 15 is 0 Å². The van der Waals surface area contributed by atoms with Crippen LogP contribution in [0.2, 0.25) is 0 Å². The standard InChI is InChI=1S/C18H24N2O3S/c1-14-4-6-15(7-5-14)12-20(16-8-9-16)13-17-10-11-18(23-17)24(21,22)19(2)3/h4-7,10-11,16H,8-9,12-13H2,1-3H3. The molecular weight excluding hydrogens is 324 g/mol. The van der Waals surface area contributed by atoms with Gasteiger partial charge in [-0.2, -0.15) is 0 Å². The molecule has 5 nitrogen and oxygen atoms in total. The molecule has 1 heterocycles. The summed E-state index contributed by atoms with van der Waals surface area (Å²) < 4.78 is 31.0. The molecule has 130 valence electrons. The fourth-order valence-corrected chi connectivity index (χ4v) is 3.46. The monoisotopic (exact) mass is 348 g/mol. The Morgan fingerprint density at radius 1 is 1.04 bits per heavy atom. The summed E-state index contributed by atoms with van der Waals surface area (Å²) >= 11 is 0. The summed E-state index contributed by atoms with van der Waals surface area (Å²) in [5.74, 6) is 0.689. The van der Waals surface area contributed by atoms with E-state index in [0.29, 0.717) is 18.3 Å². The number of benzene rings is 1. The van der Waals surface area contributed by atoms with Crippen molar-refractivity contribution in [3.05, 3.63) is 53.3 Å². The summed E-state index contributed by atoms with van der Waals surface area (Å²) in [6.07, 6.45) is 2.38. The molecule has 1 aromatic carbocycles. The number of aryl methyl sites for hydroxylation is 1. The van der Waals surface area contributed by atoms with Gasteiger partial charge >= 0.3 is 0 Å². The summed E-state index contributed by atoms with van der Waals surface area (Å²) in [6.45, 7) is 3.56. The zero-order valence-corrected chi connectivity index (χ0v) is 15.2. The first-order valence-electron chi connectivity index (χ1n) is 8.17. The highest BCUT2D eigenvalue weighted by Gasteiger charge is 2.30. The highest BCUT2D eigenvalue weighted by Crippen LogP contribution is 2.30. The molecule has 0 atom stereocenters. The molecule has 1 saturated carbocycles. The van der Waals surface area contributed by atoms with E-state index in [0.717, 1.165) is 6.54 Å². The summed E-state index contributed by atoms with van der Waals surface area (Å²) in [5.41, 5.74) is 2.52. The van der Waals surface area contributed by atoms with Gasteiger partial charge in [0.25, 0.3) is 10.0 Å². The SMILES string of the molecule is Cc1ccc(CN(Cc2ccc(S(=O)(=O)N(C)C)o2)C2CC2)cc1. The second kappa shape index (κ2) is 6.70. The molecule has 1 aliphatic carbocycles. The second-order valence-electron chi connectivity index (χ2n) is 6.63. The number of sulfonamides is 1. The van der Waals surface area contributed by atoms with Crippen molar-refractivity contribution in [1.82, 2.24) is 9.21 Å². The molecule has 1 fully saturated rings. The fourth-order valence-electron chi connectivity index (χ4n) is 2.64. The lowest BCUT2D eigenvalue weighted by molar-refractivity contribution is 0.218. The zero-order valence-electron chi connectivity index (χ0n) is 14.4. The molecule has 0 bridgehead atoms. The summed E-state index contributed by atoms with van der Waals surface area (Å²) in [5, 5.41) is 0.00795. The van der Waals surface area contributed by atoms with Crippen LogP contribution >= 0.6 is 0 Å². The molecule has 3 rings (SSSR count). The third kappa shape index (κ3) is 3.88. The minimum absolute atomic E-state index is 0.00795. The quantitative estimate of drug-likeness (QED) is 0.772. The smallest absolute Gasteiger partial charge is 0.275 e. The van der Waals surface area contributed by atoms with E-state index in [2.05, 4.69) is 36.1 Å². The van der Waals surface area contributed by atoms with Gasteiger partial charge < -0.3 is 4.42 Å². The van der Waals surface area contributed by atoms with E-state index in [9.17, 15) is 8.42 Å². The van der Waals surface area contributed by atoms with Gasteiger partial charge in [0.05, 0.1) is 6.54 Å². The van der Waals surface area contributed by atoms with Crippen molar-refractivity contribution in [3.63, 3.8) is 0 Å². The van der Waals surface area contributed by atoms with Gasteiger partial charge in [0.2, 0.25) is 5.09 Å². The first-order valence-corrected chi connectivity index (χ1v) is 9.61. The molecule has 0 amide bonds. The average molecular weight is 348 g/mol. The molecule has 1 aromatic heterocycles. The Morgan fingerprint density at radius 2 is 1.71 bits per heavy atom. The summed E-state index contributed by atoms with van der Waals surface area (Å²) in [4.78, 5) is 2.36. The lowest BCUT2D eigenvalue weighted by Gasteiger charge is -2.21. The van der Waals surface area contributed by atoms with Gasteiger partial charge in [0.1, 0.15) is 5.76 Å². The normalized spacial score (nSPS) is 15.4. The fraction of sp³-hybridized carbons (Fsp3) is 0.444. The van der Waals surface area contributed by atoms with Crippen LogP contribution in [0.15, 0.2) is 45.9 Å². The third-order valence-electron chi connectivity index (χ3n) is 4.30. The number of furan rings is 1. The molecule has 0 N–H and O–H groups in total. The van der Waals surface area contributed by atoms with Crippen LogP contribution in [-0.2, 0) is 23.1 Å². The molecule has 0 radical (unpaired) electrons. The van der Waals surface area contributed by atoms with Crippen LogP contribution in [0, 0.1) is 6.92 Å². The summed E-state index contributed by atoms with van der Waals surface area (Å²) in [6, 6.07) is 12.4. The maximum atomic E-state index is 12.1. The van der Waals surface area contributed by atoms with E-state index in [1.54, 1.807) is 12.1 Å². The predicted octanol–water partition coefficient (Wildman–Crippen LogP) is 3.00. The maximum Gasteiger partial charge on any atom is 0.275 e. The van der Waals surface area contributed by atoms with Crippen LogP contribution in [0.3, 0.4) is 0 Å². The molecule has 0 unspecified atom stereocenters. The van der Waals surface area contributed by atoms with Crippen LogP contribution in [0.4, 0.5) is 0 Å². The first kappa shape index (κ1) is 17.2. The van der Waals surface area contributed by atoms with Crippen LogP contribution in [0.1, 0.15) is 29.7 Å². The van der Waals surface area contributed by atoms with Gasteiger partial charge in [-0.3, -0.25) is 4.90 Å². The van der Waals surface area contributed by atoms with Crippen molar-refractivity contribution < 1.29 is 12.8 Å². The van der Waals surface area contributed by atoms with Crippen molar-refractivity contribution >= 4 is 10.0 Å². The van der Waals surface area contributed by atoms with Crippen molar-refractivity contribution in [2.24, 2.45) is 0 Å². The van der Waals surface area contributed by atoms with E-state index in [4.69, 9.17) is 4.42 Å². The highest BCUT2D eigenvalue weighted by atomic mass is 32.2. The largest absolute Gasteiger partial charge is 0.447 e. The van der Waals surface area contributed by atoms with E-state index < -0.39 is 10.0 Å². The van der Waals surface area contributed by atoms with E-state index in [-0.39, 0.29) is 5.09 Å². The van der Waals surface area contributed by atoms with Gasteiger partial charge in [-0.1, -0.05) is 29.8 Å². The van der Waals surface area contributed by atoms with E-state index in [1.165, 1.54) is 42.4 Å². The van der Waals surface area contributed by atoms with Gasteiger partial charge in [-0.25, -0.2) is 12.7 Å². The average Bonchev–Trinajstić information content (AvgIpc) is 3.27. The lowest BCUT2D eigenvalue weighted by Crippen LogP contribution is -2.25. The first-order chi connectivity index (χ1) is 11.4. The van der Waals surface area contributed by atoms with Crippen LogP contribution in [-0.4, -0.2) is 37.8 Å². The molecule has 24 heavy (non-hydrogen) atoms. The Hall–Kier alpha value is -1.63. The molecule has 0 spiro atoms. The Kier molecular flexibility index (Phi) is 4.80. The number of hydrogen-bond donors (Lipinski definition) is 0. The van der Waals surface area contributed by atoms with Crippen LogP contribution < -0.4 is 0 Å². The Balaban J connectivity index is 1.73. The Bertz CT molecular complexity index is 790. The minimum Gasteiger partial charge on any atom is -0.447 e. The number of hydrogen-bond acceptors (Lipinski definition) is 4. The topological polar surface area (TPSA) is 53.8 Å². The third-order valence-corrected chi connectivity index (χ3v) is 5.99. The van der Waals surface area contributed by atoms with Crippen molar-refractivity contribution in [1.29, 1.82) is 0 Å². The Labute approximate surface area is 143 Å². The highest BCUT2D eigenvalue weighted by molar-refractivity contribution is 7.88. The maximum absolute atomic E-state index is 12.1. The van der Waals surface area contributed by atoms with Crippen molar-refractivity contribution in [2.45, 2.75) is 44.0 Å². The van der Waals surface area contributed by atoms with Crippen molar-refractivity contribution in [2.75, 3.05) is 14.1 Å². The summed E-state index contributed by atoms with van der Waals surface area (Å²) in [7, 11) is -0.501. The molecule has 2 aromatic rings. The molecule has 0 aliphatic heterocycles. The van der Waals surface area contributed by atoms with Gasteiger partial charge in [-0.05, 0) is 37.5 Å².